The maximum Gasteiger partial charge on any atom is 0.261 e. The van der Waals surface area contributed by atoms with Gasteiger partial charge < -0.3 is 9.88 Å². The first-order valence-corrected chi connectivity index (χ1v) is 9.82. The van der Waals surface area contributed by atoms with Gasteiger partial charge in [-0.05, 0) is 48.6 Å². The van der Waals surface area contributed by atoms with Crippen molar-refractivity contribution in [1.29, 1.82) is 0 Å². The van der Waals surface area contributed by atoms with Crippen molar-refractivity contribution in [2.24, 2.45) is 0 Å². The van der Waals surface area contributed by atoms with Crippen LogP contribution in [0.15, 0.2) is 60.0 Å². The Hall–Kier alpha value is -2.92. The first kappa shape index (κ1) is 17.5. The van der Waals surface area contributed by atoms with Crippen LogP contribution >= 0.6 is 11.3 Å². The average Bonchev–Trinajstić information content (AvgIpc) is 3.31. The highest BCUT2D eigenvalue weighted by molar-refractivity contribution is 7.12. The molecule has 2 aromatic carbocycles. The number of carbonyl (C=O) groups is 1. The molecule has 2 aromatic heterocycles. The molecule has 0 saturated carbocycles. The second-order valence-electron chi connectivity index (χ2n) is 6.69. The molecule has 4 aromatic rings. The largest absolute Gasteiger partial charge is 0.344 e. The van der Waals surface area contributed by atoms with Crippen LogP contribution in [-0.2, 0) is 13.1 Å². The lowest BCUT2D eigenvalue weighted by Crippen LogP contribution is -2.24. The normalized spacial score (nSPS) is 11.0. The van der Waals surface area contributed by atoms with Gasteiger partial charge in [0.15, 0.2) is 0 Å². The minimum Gasteiger partial charge on any atom is -0.344 e. The molecule has 0 aliphatic carbocycles. The van der Waals surface area contributed by atoms with Gasteiger partial charge in [0.25, 0.3) is 5.91 Å². The number of fused-ring (bicyclic) bond motifs is 1. The molecule has 0 aliphatic heterocycles. The summed E-state index contributed by atoms with van der Waals surface area (Å²) in [7, 11) is 0. The third-order valence-electron chi connectivity index (χ3n) is 4.72. The molecule has 0 atom stereocenters. The standard InChI is InChI=1S/C22H21N3OS/c1-15-9-10-16(2)17(12-15)14-25-19-7-4-3-6-18(19)24-21(25)13-23-22(26)20-8-5-11-27-20/h3-12H,13-14H2,1-2H3,(H,23,26). The van der Waals surface area contributed by atoms with E-state index < -0.39 is 0 Å². The molecule has 1 N–H and O–H groups in total. The molecule has 0 saturated heterocycles. The topological polar surface area (TPSA) is 46.9 Å². The molecule has 4 rings (SSSR count). The van der Waals surface area contributed by atoms with Crippen molar-refractivity contribution < 1.29 is 4.79 Å². The second-order valence-corrected chi connectivity index (χ2v) is 7.64. The summed E-state index contributed by atoms with van der Waals surface area (Å²) >= 11 is 1.44. The molecule has 0 bridgehead atoms. The fourth-order valence-electron chi connectivity index (χ4n) is 3.23. The first-order chi connectivity index (χ1) is 13.1. The Labute approximate surface area is 162 Å². The van der Waals surface area contributed by atoms with E-state index in [-0.39, 0.29) is 5.91 Å². The zero-order chi connectivity index (χ0) is 18.8. The van der Waals surface area contributed by atoms with Gasteiger partial charge in [0, 0.05) is 6.54 Å². The summed E-state index contributed by atoms with van der Waals surface area (Å²) < 4.78 is 2.20. The van der Waals surface area contributed by atoms with E-state index in [0.717, 1.165) is 23.4 Å². The van der Waals surface area contributed by atoms with Gasteiger partial charge in [-0.1, -0.05) is 42.0 Å². The summed E-state index contributed by atoms with van der Waals surface area (Å²) in [6.45, 7) is 5.37. The number of para-hydroxylation sites is 2. The Morgan fingerprint density at radius 2 is 1.96 bits per heavy atom. The van der Waals surface area contributed by atoms with E-state index in [1.807, 2.05) is 35.7 Å². The van der Waals surface area contributed by atoms with Crippen LogP contribution < -0.4 is 5.32 Å². The predicted molar refractivity (Wildman–Crippen MR) is 110 cm³/mol. The Morgan fingerprint density at radius 1 is 1.11 bits per heavy atom. The highest BCUT2D eigenvalue weighted by atomic mass is 32.1. The van der Waals surface area contributed by atoms with Gasteiger partial charge in [0.1, 0.15) is 5.82 Å². The van der Waals surface area contributed by atoms with Gasteiger partial charge in [0.2, 0.25) is 0 Å². The summed E-state index contributed by atoms with van der Waals surface area (Å²) in [5.41, 5.74) is 5.80. The number of nitrogens with one attached hydrogen (secondary N) is 1. The number of hydrogen-bond donors (Lipinski definition) is 1. The first-order valence-electron chi connectivity index (χ1n) is 8.94. The zero-order valence-corrected chi connectivity index (χ0v) is 16.2. The number of rotatable bonds is 5. The fraction of sp³-hybridized carbons (Fsp3) is 0.182. The summed E-state index contributed by atoms with van der Waals surface area (Å²) in [6.07, 6.45) is 0. The minimum absolute atomic E-state index is 0.0599. The van der Waals surface area contributed by atoms with E-state index in [1.54, 1.807) is 0 Å². The molecule has 27 heavy (non-hydrogen) atoms. The zero-order valence-electron chi connectivity index (χ0n) is 15.4. The minimum atomic E-state index is -0.0599. The van der Waals surface area contributed by atoms with Crippen molar-refractivity contribution in [3.05, 3.63) is 87.4 Å². The van der Waals surface area contributed by atoms with Crippen molar-refractivity contribution in [2.75, 3.05) is 0 Å². The van der Waals surface area contributed by atoms with Gasteiger partial charge in [-0.3, -0.25) is 4.79 Å². The summed E-state index contributed by atoms with van der Waals surface area (Å²) in [5.74, 6) is 0.803. The Balaban J connectivity index is 1.67. The van der Waals surface area contributed by atoms with Crippen LogP contribution in [0.3, 0.4) is 0 Å². The number of benzene rings is 2. The third-order valence-corrected chi connectivity index (χ3v) is 5.59. The summed E-state index contributed by atoms with van der Waals surface area (Å²) in [4.78, 5) is 17.8. The monoisotopic (exact) mass is 375 g/mol. The average molecular weight is 375 g/mol. The highest BCUT2D eigenvalue weighted by Crippen LogP contribution is 2.20. The van der Waals surface area contributed by atoms with Crippen LogP contribution in [0, 0.1) is 13.8 Å². The van der Waals surface area contributed by atoms with Crippen LogP contribution in [-0.4, -0.2) is 15.5 Å². The molecule has 0 aliphatic rings. The maximum absolute atomic E-state index is 12.3. The van der Waals surface area contributed by atoms with Crippen LogP contribution in [0.2, 0.25) is 0 Å². The molecule has 0 unspecified atom stereocenters. The van der Waals surface area contributed by atoms with E-state index in [1.165, 1.54) is 28.0 Å². The molecule has 0 radical (unpaired) electrons. The fourth-order valence-corrected chi connectivity index (χ4v) is 3.87. The number of hydrogen-bond acceptors (Lipinski definition) is 3. The molecular weight excluding hydrogens is 354 g/mol. The van der Waals surface area contributed by atoms with Crippen molar-refractivity contribution in [3.63, 3.8) is 0 Å². The van der Waals surface area contributed by atoms with E-state index in [2.05, 4.69) is 48.0 Å². The SMILES string of the molecule is Cc1ccc(C)c(Cn2c(CNC(=O)c3cccs3)nc3ccccc32)c1. The lowest BCUT2D eigenvalue weighted by atomic mass is 10.1. The van der Waals surface area contributed by atoms with Crippen LogP contribution in [0.1, 0.15) is 32.2 Å². The van der Waals surface area contributed by atoms with Gasteiger partial charge in [-0.25, -0.2) is 4.98 Å². The van der Waals surface area contributed by atoms with Gasteiger partial charge in [0.05, 0.1) is 22.5 Å². The molecule has 136 valence electrons. The quantitative estimate of drug-likeness (QED) is 0.550. The van der Waals surface area contributed by atoms with Crippen molar-refractivity contribution in [1.82, 2.24) is 14.9 Å². The molecular formula is C22H21N3OS. The molecule has 4 nitrogen and oxygen atoms in total. The highest BCUT2D eigenvalue weighted by Gasteiger charge is 2.14. The van der Waals surface area contributed by atoms with Crippen LogP contribution in [0.25, 0.3) is 11.0 Å². The molecule has 0 fully saturated rings. The van der Waals surface area contributed by atoms with Gasteiger partial charge in [-0.2, -0.15) is 0 Å². The number of imidazole rings is 1. The number of thiophene rings is 1. The second kappa shape index (κ2) is 7.37. The van der Waals surface area contributed by atoms with E-state index in [4.69, 9.17) is 4.98 Å². The molecule has 0 spiro atoms. The lowest BCUT2D eigenvalue weighted by molar-refractivity contribution is 0.0953. The van der Waals surface area contributed by atoms with Gasteiger partial charge in [-0.15, -0.1) is 11.3 Å². The number of nitrogens with zero attached hydrogens (tertiary/aromatic N) is 2. The summed E-state index contributed by atoms with van der Waals surface area (Å²) in [5, 5.41) is 4.91. The number of aromatic nitrogens is 2. The molecule has 1 amide bonds. The lowest BCUT2D eigenvalue weighted by Gasteiger charge is -2.13. The van der Waals surface area contributed by atoms with E-state index >= 15 is 0 Å². The number of carbonyl (C=O) groups excluding carboxylic acids is 1. The van der Waals surface area contributed by atoms with Crippen molar-refractivity contribution in [2.45, 2.75) is 26.9 Å². The van der Waals surface area contributed by atoms with E-state index in [9.17, 15) is 4.79 Å². The van der Waals surface area contributed by atoms with Crippen molar-refractivity contribution in [3.8, 4) is 0 Å². The summed E-state index contributed by atoms with van der Waals surface area (Å²) in [6, 6.07) is 18.3. The number of amides is 1. The Kier molecular flexibility index (Phi) is 4.77. The molecule has 2 heterocycles. The third kappa shape index (κ3) is 3.64. The van der Waals surface area contributed by atoms with Crippen LogP contribution in [0.5, 0.6) is 0 Å². The molecule has 5 heteroatoms. The maximum atomic E-state index is 12.3. The smallest absolute Gasteiger partial charge is 0.261 e. The van der Waals surface area contributed by atoms with E-state index in [0.29, 0.717) is 11.4 Å². The number of aryl methyl sites for hydroxylation is 2. The van der Waals surface area contributed by atoms with Gasteiger partial charge >= 0.3 is 0 Å². The van der Waals surface area contributed by atoms with Crippen LogP contribution in [0.4, 0.5) is 0 Å². The van der Waals surface area contributed by atoms with Crippen molar-refractivity contribution >= 4 is 28.3 Å². The Bertz CT molecular complexity index is 1100. The Morgan fingerprint density at radius 3 is 2.78 bits per heavy atom. The predicted octanol–water partition coefficient (Wildman–Crippen LogP) is 4.69.